The zero-order valence-electron chi connectivity index (χ0n) is 64.7. The number of hydrogen-bond acceptors (Lipinski definition) is 14. The van der Waals surface area contributed by atoms with Crippen molar-refractivity contribution in [3.8, 4) is 204 Å². The second kappa shape index (κ2) is 34.2. The zero-order chi connectivity index (χ0) is 80.2. The summed E-state index contributed by atoms with van der Waals surface area (Å²) in [5, 5.41) is 0. The van der Waals surface area contributed by atoms with Crippen LogP contribution in [0.2, 0.25) is 0 Å². The van der Waals surface area contributed by atoms with Crippen LogP contribution in [0.15, 0.2) is 425 Å². The van der Waals surface area contributed by atoms with E-state index in [0.29, 0.717) is 51.8 Å². The van der Waals surface area contributed by atoms with Crippen LogP contribution in [-0.4, -0.2) is 69.8 Å². The SMILES string of the molecule is c1ccc(-c2cc(-c3ccc(-c4cc(-c5ccccn5)nc(-c5cccc(-c6nc(-c7ccccc7)cc(-c7ccccc7)n6)n5)c4)cc3)nc(-c3ccccc3)n2)cc1.c1ccc(-c2cc(-c3cccc(-c4cc(-c5ccccn5)nc(-c5ccc(-c6nc(-c7ccccc7)cc(-c7ccccc7)n6)cn5)c4)c3)nc(-c3ccccc3)n2)cc1. The Hall–Kier alpha value is -16.6. The molecule has 0 amide bonds. The molecule has 0 aliphatic rings. The van der Waals surface area contributed by atoms with Crippen LogP contribution in [0.25, 0.3) is 204 Å². The number of nitrogens with zero attached hydrogens (tertiary/aromatic N) is 14. The fraction of sp³-hybridized carbons (Fsp3) is 0. The van der Waals surface area contributed by atoms with Crippen molar-refractivity contribution in [2.24, 2.45) is 0 Å². The fourth-order valence-electron chi connectivity index (χ4n) is 14.3. The van der Waals surface area contributed by atoms with Crippen molar-refractivity contribution in [3.05, 3.63) is 425 Å². The van der Waals surface area contributed by atoms with Gasteiger partial charge in [-0.3, -0.25) is 15.0 Å². The summed E-state index contributed by atoms with van der Waals surface area (Å²) in [7, 11) is 0. The summed E-state index contributed by atoms with van der Waals surface area (Å²) < 4.78 is 0. The van der Waals surface area contributed by atoms with Gasteiger partial charge in [-0.2, -0.15) is 0 Å². The second-order valence-electron chi connectivity index (χ2n) is 28.5. The van der Waals surface area contributed by atoms with Crippen molar-refractivity contribution in [3.63, 3.8) is 0 Å². The lowest BCUT2D eigenvalue weighted by atomic mass is 9.99. The molecular formula is C106H70N14. The summed E-state index contributed by atoms with van der Waals surface area (Å²) >= 11 is 0. The quantitative estimate of drug-likeness (QED) is 0.0791. The molecule has 0 spiro atoms. The van der Waals surface area contributed by atoms with E-state index in [1.54, 1.807) is 12.4 Å². The van der Waals surface area contributed by atoms with Crippen LogP contribution in [0.4, 0.5) is 0 Å². The molecule has 0 aliphatic carbocycles. The molecule has 10 heterocycles. The fourth-order valence-corrected chi connectivity index (χ4v) is 14.3. The summed E-state index contributed by atoms with van der Waals surface area (Å²) in [4.78, 5) is 69.8. The topological polar surface area (TPSA) is 180 Å². The Balaban J connectivity index is 0.000000159. The molecule has 0 atom stereocenters. The minimum atomic E-state index is 0.532. The van der Waals surface area contributed by atoms with Crippen LogP contribution in [0.3, 0.4) is 0 Å². The Bertz CT molecular complexity index is 6300. The number of aromatic nitrogens is 14. The molecule has 20 rings (SSSR count). The van der Waals surface area contributed by atoms with Gasteiger partial charge in [0.05, 0.1) is 91.1 Å². The van der Waals surface area contributed by atoms with Crippen LogP contribution in [0.5, 0.6) is 0 Å². The molecule has 10 aromatic heterocycles. The molecular weight excluding hydrogens is 1470 g/mol. The average molecular weight is 1540 g/mol. The first-order valence-electron chi connectivity index (χ1n) is 39.4. The smallest absolute Gasteiger partial charge is 0.179 e. The van der Waals surface area contributed by atoms with Gasteiger partial charge in [0.2, 0.25) is 0 Å². The Morgan fingerprint density at radius 3 is 0.733 bits per heavy atom. The van der Waals surface area contributed by atoms with Crippen LogP contribution < -0.4 is 0 Å². The van der Waals surface area contributed by atoms with Crippen LogP contribution in [0, 0.1) is 0 Å². The van der Waals surface area contributed by atoms with Crippen LogP contribution >= 0.6 is 0 Å². The third-order valence-electron chi connectivity index (χ3n) is 20.4. The van der Waals surface area contributed by atoms with E-state index >= 15 is 0 Å². The number of benzene rings is 10. The second-order valence-corrected chi connectivity index (χ2v) is 28.5. The molecule has 0 radical (unpaired) electrons. The Labute approximate surface area is 694 Å². The molecule has 564 valence electrons. The van der Waals surface area contributed by atoms with Crippen molar-refractivity contribution in [1.29, 1.82) is 0 Å². The van der Waals surface area contributed by atoms with Gasteiger partial charge in [0, 0.05) is 79.8 Å². The van der Waals surface area contributed by atoms with Gasteiger partial charge < -0.3 is 0 Å². The summed E-state index contributed by atoms with van der Waals surface area (Å²) in [6, 6.07) is 136. The molecule has 10 aromatic carbocycles. The highest BCUT2D eigenvalue weighted by Gasteiger charge is 2.21. The lowest BCUT2D eigenvalue weighted by Gasteiger charge is -2.12. The van der Waals surface area contributed by atoms with Crippen molar-refractivity contribution in [1.82, 2.24) is 69.8 Å². The van der Waals surface area contributed by atoms with E-state index in [4.69, 9.17) is 59.8 Å². The average Bonchev–Trinajstić information content (AvgIpc) is 0.786. The molecule has 0 bridgehead atoms. The number of hydrogen-bond donors (Lipinski definition) is 0. The zero-order valence-corrected chi connectivity index (χ0v) is 64.7. The summed E-state index contributed by atoms with van der Waals surface area (Å²) in [5.74, 6) is 2.48. The minimum absolute atomic E-state index is 0.532. The van der Waals surface area contributed by atoms with E-state index in [1.807, 2.05) is 255 Å². The maximum Gasteiger partial charge on any atom is 0.179 e. The monoisotopic (exact) mass is 1540 g/mol. The Morgan fingerprint density at radius 2 is 0.367 bits per heavy atom. The van der Waals surface area contributed by atoms with Crippen molar-refractivity contribution >= 4 is 0 Å². The first-order valence-corrected chi connectivity index (χ1v) is 39.4. The van der Waals surface area contributed by atoms with Gasteiger partial charge in [-0.1, -0.05) is 303 Å². The third kappa shape index (κ3) is 16.7. The first-order chi connectivity index (χ1) is 59.4. The van der Waals surface area contributed by atoms with Gasteiger partial charge in [-0.05, 0) is 125 Å². The molecule has 0 fully saturated rings. The van der Waals surface area contributed by atoms with Gasteiger partial charge in [-0.15, -0.1) is 0 Å². The van der Waals surface area contributed by atoms with Crippen LogP contribution in [-0.2, 0) is 0 Å². The summed E-state index contributed by atoms with van der Waals surface area (Å²) in [6.45, 7) is 0. The summed E-state index contributed by atoms with van der Waals surface area (Å²) in [5.41, 5.74) is 28.0. The third-order valence-corrected chi connectivity index (χ3v) is 20.4. The van der Waals surface area contributed by atoms with E-state index in [0.717, 1.165) is 152 Å². The van der Waals surface area contributed by atoms with Crippen molar-refractivity contribution in [2.45, 2.75) is 0 Å². The predicted molar refractivity (Wildman–Crippen MR) is 480 cm³/mol. The molecule has 120 heavy (non-hydrogen) atoms. The Kier molecular flexibility index (Phi) is 21.0. The number of pyridine rings is 6. The Morgan fingerprint density at radius 1 is 0.108 bits per heavy atom. The van der Waals surface area contributed by atoms with Gasteiger partial charge in [-0.25, -0.2) is 54.8 Å². The van der Waals surface area contributed by atoms with E-state index < -0.39 is 0 Å². The molecule has 0 saturated heterocycles. The van der Waals surface area contributed by atoms with Gasteiger partial charge in [0.1, 0.15) is 5.69 Å². The van der Waals surface area contributed by atoms with Gasteiger partial charge in [0.15, 0.2) is 23.3 Å². The molecule has 14 nitrogen and oxygen atoms in total. The van der Waals surface area contributed by atoms with Gasteiger partial charge in [0.25, 0.3) is 0 Å². The maximum absolute atomic E-state index is 5.15. The lowest BCUT2D eigenvalue weighted by molar-refractivity contribution is 1.14. The van der Waals surface area contributed by atoms with E-state index in [2.05, 4.69) is 168 Å². The molecule has 0 unspecified atom stereocenters. The first kappa shape index (κ1) is 73.6. The normalized spacial score (nSPS) is 11.0. The molecule has 20 aromatic rings. The van der Waals surface area contributed by atoms with E-state index in [-0.39, 0.29) is 0 Å². The highest BCUT2D eigenvalue weighted by atomic mass is 15.0. The van der Waals surface area contributed by atoms with E-state index in [1.165, 1.54) is 0 Å². The molecule has 0 saturated carbocycles. The predicted octanol–water partition coefficient (Wildman–Crippen LogP) is 24.9. The standard InChI is InChI=1S/2C53H35N7/c1-5-16-36(17-6-1)46-33-47(37-18-7-2-8-19-37)59-53(58-46)42-27-28-45(55-35-42)51-32-43(31-50(56-51)44-26-13-14-29-54-44)40-24-15-25-41(30-40)49-34-48(38-20-9-3-10-21-38)57-52(60-49)39-22-11-4-12-23-39;1-5-16-37(17-6-1)46-34-49(58-52(57-46)41-22-11-4-12-23-41)40-29-27-36(28-30-40)42-32-50(43-24-13-14-31-54-43)56-51(33-42)44-25-15-26-45(55-44)53-59-47(38-18-7-2-8-19-38)35-48(60-53)39-20-9-3-10-21-39/h2*1-35H. The van der Waals surface area contributed by atoms with Crippen molar-refractivity contribution < 1.29 is 0 Å². The minimum Gasteiger partial charge on any atom is -0.255 e. The summed E-state index contributed by atoms with van der Waals surface area (Å²) in [6.07, 6.45) is 5.40. The van der Waals surface area contributed by atoms with E-state index in [9.17, 15) is 0 Å². The lowest BCUT2D eigenvalue weighted by Crippen LogP contribution is -1.99. The largest absolute Gasteiger partial charge is 0.255 e. The molecule has 0 aliphatic heterocycles. The van der Waals surface area contributed by atoms with Gasteiger partial charge >= 0.3 is 0 Å². The highest BCUT2D eigenvalue weighted by molar-refractivity contribution is 5.83. The molecule has 0 N–H and O–H groups in total. The maximum atomic E-state index is 5.15. The van der Waals surface area contributed by atoms with Crippen LogP contribution in [0.1, 0.15) is 0 Å². The number of rotatable bonds is 18. The van der Waals surface area contributed by atoms with Crippen molar-refractivity contribution in [2.75, 3.05) is 0 Å². The highest BCUT2D eigenvalue weighted by Crippen LogP contribution is 2.38. The molecule has 14 heteroatoms.